The normalized spacial score (nSPS) is 11.3. The SMILES string of the molecule is O/N=C(/COc1cccc(Cl)c1)c1ccccc1. The third-order valence-corrected chi connectivity index (χ3v) is 2.63. The van der Waals surface area contributed by atoms with Crippen molar-refractivity contribution in [2.75, 3.05) is 6.61 Å². The lowest BCUT2D eigenvalue weighted by Crippen LogP contribution is -2.12. The first-order valence-corrected chi connectivity index (χ1v) is 5.82. The molecule has 0 amide bonds. The largest absolute Gasteiger partial charge is 0.487 e. The highest BCUT2D eigenvalue weighted by Gasteiger charge is 2.05. The molecule has 0 saturated carbocycles. The quantitative estimate of drug-likeness (QED) is 0.519. The topological polar surface area (TPSA) is 41.8 Å². The van der Waals surface area contributed by atoms with Gasteiger partial charge in [-0.1, -0.05) is 53.2 Å². The van der Waals surface area contributed by atoms with Gasteiger partial charge in [0.2, 0.25) is 0 Å². The number of hydrogen-bond acceptors (Lipinski definition) is 3. The Bertz CT molecular complexity index is 541. The van der Waals surface area contributed by atoms with E-state index in [1.807, 2.05) is 30.3 Å². The first-order valence-electron chi connectivity index (χ1n) is 5.44. The standard InChI is InChI=1S/C14H12ClNO2/c15-12-7-4-8-13(9-12)18-10-14(16-17)11-5-2-1-3-6-11/h1-9,17H,10H2/b16-14-. The lowest BCUT2D eigenvalue weighted by Gasteiger charge is -2.08. The third kappa shape index (κ3) is 3.25. The van der Waals surface area contributed by atoms with Crippen molar-refractivity contribution in [1.82, 2.24) is 0 Å². The van der Waals surface area contributed by atoms with Crippen molar-refractivity contribution in [2.24, 2.45) is 5.16 Å². The number of nitrogens with zero attached hydrogens (tertiary/aromatic N) is 1. The molecule has 0 bridgehead atoms. The molecule has 0 heterocycles. The van der Waals surface area contributed by atoms with E-state index >= 15 is 0 Å². The Kier molecular flexibility index (Phi) is 4.20. The average Bonchev–Trinajstić information content (AvgIpc) is 2.41. The molecule has 1 N–H and O–H groups in total. The zero-order valence-corrected chi connectivity index (χ0v) is 10.3. The molecule has 18 heavy (non-hydrogen) atoms. The maximum atomic E-state index is 8.99. The summed E-state index contributed by atoms with van der Waals surface area (Å²) in [4.78, 5) is 0. The molecular weight excluding hydrogens is 250 g/mol. The van der Waals surface area contributed by atoms with Crippen LogP contribution in [0.25, 0.3) is 0 Å². The van der Waals surface area contributed by atoms with Gasteiger partial charge in [0, 0.05) is 10.6 Å². The zero-order chi connectivity index (χ0) is 12.8. The number of benzene rings is 2. The second-order valence-corrected chi connectivity index (χ2v) is 4.10. The molecule has 0 saturated heterocycles. The molecule has 92 valence electrons. The fourth-order valence-electron chi connectivity index (χ4n) is 1.51. The fourth-order valence-corrected chi connectivity index (χ4v) is 1.69. The molecule has 3 nitrogen and oxygen atoms in total. The Hall–Kier alpha value is -2.00. The number of hydrogen-bond donors (Lipinski definition) is 1. The van der Waals surface area contributed by atoms with E-state index < -0.39 is 0 Å². The summed E-state index contributed by atoms with van der Waals surface area (Å²) in [7, 11) is 0. The van der Waals surface area contributed by atoms with Gasteiger partial charge >= 0.3 is 0 Å². The van der Waals surface area contributed by atoms with Gasteiger partial charge in [0.1, 0.15) is 18.1 Å². The minimum atomic E-state index is 0.181. The van der Waals surface area contributed by atoms with Gasteiger partial charge in [0.15, 0.2) is 0 Å². The van der Waals surface area contributed by atoms with Crippen molar-refractivity contribution in [3.8, 4) is 5.75 Å². The Morgan fingerprint density at radius 3 is 2.56 bits per heavy atom. The number of oxime groups is 1. The molecular formula is C14H12ClNO2. The van der Waals surface area contributed by atoms with Gasteiger partial charge < -0.3 is 9.94 Å². The van der Waals surface area contributed by atoms with E-state index in [4.69, 9.17) is 21.5 Å². The summed E-state index contributed by atoms with van der Waals surface area (Å²) in [5, 5.41) is 12.9. The molecule has 0 atom stereocenters. The Morgan fingerprint density at radius 2 is 1.89 bits per heavy atom. The molecule has 0 fully saturated rings. The molecule has 2 aromatic rings. The highest BCUT2D eigenvalue weighted by Crippen LogP contribution is 2.17. The van der Waals surface area contributed by atoms with E-state index in [1.54, 1.807) is 24.3 Å². The van der Waals surface area contributed by atoms with Gasteiger partial charge in [0.05, 0.1) is 0 Å². The van der Waals surface area contributed by atoms with Crippen molar-refractivity contribution in [3.05, 3.63) is 65.2 Å². The first-order chi connectivity index (χ1) is 8.79. The third-order valence-electron chi connectivity index (χ3n) is 2.40. The molecule has 0 spiro atoms. The summed E-state index contributed by atoms with van der Waals surface area (Å²) < 4.78 is 5.52. The zero-order valence-electron chi connectivity index (χ0n) is 9.58. The molecule has 0 aliphatic heterocycles. The highest BCUT2D eigenvalue weighted by molar-refractivity contribution is 6.30. The summed E-state index contributed by atoms with van der Waals surface area (Å²) in [5.41, 5.74) is 1.29. The summed E-state index contributed by atoms with van der Waals surface area (Å²) in [6, 6.07) is 16.4. The van der Waals surface area contributed by atoms with Crippen LogP contribution in [0.15, 0.2) is 59.8 Å². The van der Waals surface area contributed by atoms with Crippen LogP contribution in [0.1, 0.15) is 5.56 Å². The Morgan fingerprint density at radius 1 is 1.11 bits per heavy atom. The Labute approximate surface area is 110 Å². The van der Waals surface area contributed by atoms with E-state index in [1.165, 1.54) is 0 Å². The highest BCUT2D eigenvalue weighted by atomic mass is 35.5. The second kappa shape index (κ2) is 6.07. The van der Waals surface area contributed by atoms with Crippen LogP contribution in [0.4, 0.5) is 0 Å². The van der Waals surface area contributed by atoms with E-state index in [9.17, 15) is 0 Å². The monoisotopic (exact) mass is 261 g/mol. The van der Waals surface area contributed by atoms with Crippen molar-refractivity contribution in [2.45, 2.75) is 0 Å². The van der Waals surface area contributed by atoms with Crippen LogP contribution in [-0.2, 0) is 0 Å². The van der Waals surface area contributed by atoms with Gasteiger partial charge in [-0.2, -0.15) is 0 Å². The fraction of sp³-hybridized carbons (Fsp3) is 0.0714. The first kappa shape index (κ1) is 12.5. The van der Waals surface area contributed by atoms with Crippen LogP contribution < -0.4 is 4.74 Å². The van der Waals surface area contributed by atoms with Crippen LogP contribution in [0.5, 0.6) is 5.75 Å². The van der Waals surface area contributed by atoms with Crippen molar-refractivity contribution in [1.29, 1.82) is 0 Å². The van der Waals surface area contributed by atoms with Crippen LogP contribution in [0.3, 0.4) is 0 Å². The van der Waals surface area contributed by atoms with Crippen molar-refractivity contribution < 1.29 is 9.94 Å². The van der Waals surface area contributed by atoms with Crippen LogP contribution in [-0.4, -0.2) is 17.5 Å². The van der Waals surface area contributed by atoms with Gasteiger partial charge in [0.25, 0.3) is 0 Å². The molecule has 0 radical (unpaired) electrons. The van der Waals surface area contributed by atoms with Gasteiger partial charge in [-0.3, -0.25) is 0 Å². The van der Waals surface area contributed by atoms with E-state index in [0.29, 0.717) is 16.5 Å². The molecule has 2 rings (SSSR count). The smallest absolute Gasteiger partial charge is 0.134 e. The minimum Gasteiger partial charge on any atom is -0.487 e. The predicted molar refractivity (Wildman–Crippen MR) is 71.7 cm³/mol. The van der Waals surface area contributed by atoms with Crippen molar-refractivity contribution in [3.63, 3.8) is 0 Å². The summed E-state index contributed by atoms with van der Waals surface area (Å²) in [5.74, 6) is 0.639. The maximum absolute atomic E-state index is 8.99. The van der Waals surface area contributed by atoms with Gasteiger partial charge in [-0.15, -0.1) is 0 Å². The maximum Gasteiger partial charge on any atom is 0.134 e. The molecule has 0 aliphatic rings. The molecule has 2 aromatic carbocycles. The lowest BCUT2D eigenvalue weighted by molar-refractivity contribution is 0.308. The summed E-state index contributed by atoms with van der Waals surface area (Å²) >= 11 is 5.85. The van der Waals surface area contributed by atoms with Gasteiger partial charge in [-0.25, -0.2) is 0 Å². The number of rotatable bonds is 4. The molecule has 0 aromatic heterocycles. The predicted octanol–water partition coefficient (Wildman–Crippen LogP) is 3.60. The molecule has 0 unspecified atom stereocenters. The van der Waals surface area contributed by atoms with E-state index in [0.717, 1.165) is 5.56 Å². The Balaban J connectivity index is 2.05. The van der Waals surface area contributed by atoms with Crippen molar-refractivity contribution >= 4 is 17.3 Å². The number of halogens is 1. The van der Waals surface area contributed by atoms with Crippen LogP contribution in [0, 0.1) is 0 Å². The summed E-state index contributed by atoms with van der Waals surface area (Å²) in [6.45, 7) is 0.181. The van der Waals surface area contributed by atoms with Crippen LogP contribution >= 0.6 is 11.6 Å². The lowest BCUT2D eigenvalue weighted by atomic mass is 10.1. The molecule has 0 aliphatic carbocycles. The second-order valence-electron chi connectivity index (χ2n) is 3.66. The van der Waals surface area contributed by atoms with E-state index in [-0.39, 0.29) is 6.61 Å². The average molecular weight is 262 g/mol. The summed E-state index contributed by atoms with van der Waals surface area (Å²) in [6.07, 6.45) is 0. The minimum absolute atomic E-state index is 0.181. The van der Waals surface area contributed by atoms with E-state index in [2.05, 4.69) is 5.16 Å². The number of ether oxygens (including phenoxy) is 1. The van der Waals surface area contributed by atoms with Gasteiger partial charge in [-0.05, 0) is 18.2 Å². The van der Waals surface area contributed by atoms with Crippen LogP contribution in [0.2, 0.25) is 5.02 Å². The molecule has 4 heteroatoms.